The Balaban J connectivity index is 2.55. The predicted octanol–water partition coefficient (Wildman–Crippen LogP) is 4.65. The first-order valence-corrected chi connectivity index (χ1v) is 7.27. The number of halogens is 3. The number of carbonyl (C=O) groups excluding carboxylic acids is 1. The first-order chi connectivity index (χ1) is 10.4. The first-order valence-electron chi connectivity index (χ1n) is 7.27. The van der Waals surface area contributed by atoms with Gasteiger partial charge < -0.3 is 4.74 Å². The van der Waals surface area contributed by atoms with Crippen molar-refractivity contribution in [1.29, 1.82) is 0 Å². The molecule has 1 amide bonds. The summed E-state index contributed by atoms with van der Waals surface area (Å²) in [7, 11) is 0. The minimum Gasteiger partial charge on any atom is -0.442 e. The van der Waals surface area contributed by atoms with Crippen molar-refractivity contribution >= 4 is 6.09 Å². The Morgan fingerprint density at radius 1 is 1.22 bits per heavy atom. The number of carbonyl (C=O) groups is 1. The average molecular weight is 333 g/mol. The quantitative estimate of drug-likeness (QED) is 0.644. The molecule has 130 valence electrons. The fraction of sp³-hybridized carbons (Fsp3) is 0.562. The summed E-state index contributed by atoms with van der Waals surface area (Å²) in [5.74, 6) is 0. The lowest BCUT2D eigenvalue weighted by atomic mass is 10.0. The molecule has 1 aromatic rings. The van der Waals surface area contributed by atoms with Crippen LogP contribution in [0.25, 0.3) is 0 Å². The van der Waals surface area contributed by atoms with Gasteiger partial charge in [0, 0.05) is 0 Å². The fourth-order valence-corrected chi connectivity index (χ4v) is 1.85. The molecule has 1 rings (SSSR count). The van der Waals surface area contributed by atoms with E-state index in [0.717, 1.165) is 12.1 Å². The monoisotopic (exact) mass is 333 g/mol. The third-order valence-corrected chi connectivity index (χ3v) is 3.13. The maximum Gasteiger partial charge on any atom is 0.434 e. The molecule has 0 aliphatic carbocycles. The standard InChI is InChI=1S/C16H22F3NO3/c1-11(20(22)14(21)23-15(2,3)4)5-6-12-7-9-13(10-8-12)16(17,18)19/h7-11,22H,5-6H2,1-4H3. The highest BCUT2D eigenvalue weighted by atomic mass is 19.4. The number of ether oxygens (including phenoxy) is 1. The van der Waals surface area contributed by atoms with Gasteiger partial charge in [-0.05, 0) is 58.2 Å². The van der Waals surface area contributed by atoms with Crippen molar-refractivity contribution in [3.63, 3.8) is 0 Å². The summed E-state index contributed by atoms with van der Waals surface area (Å²) in [6.07, 6.45) is -4.39. The fourth-order valence-electron chi connectivity index (χ4n) is 1.85. The summed E-state index contributed by atoms with van der Waals surface area (Å²) in [4.78, 5) is 11.7. The van der Waals surface area contributed by atoms with E-state index in [2.05, 4.69) is 0 Å². The topological polar surface area (TPSA) is 49.8 Å². The van der Waals surface area contributed by atoms with Crippen LogP contribution >= 0.6 is 0 Å². The van der Waals surface area contributed by atoms with E-state index in [1.165, 1.54) is 12.1 Å². The lowest BCUT2D eigenvalue weighted by molar-refractivity contribution is -0.137. The van der Waals surface area contributed by atoms with Gasteiger partial charge in [0.2, 0.25) is 0 Å². The van der Waals surface area contributed by atoms with Crippen LogP contribution in [0.15, 0.2) is 24.3 Å². The summed E-state index contributed by atoms with van der Waals surface area (Å²) in [5, 5.41) is 10.3. The molecule has 0 heterocycles. The maximum atomic E-state index is 12.5. The van der Waals surface area contributed by atoms with E-state index in [9.17, 15) is 23.2 Å². The molecule has 0 bridgehead atoms. The van der Waals surface area contributed by atoms with Gasteiger partial charge >= 0.3 is 12.3 Å². The van der Waals surface area contributed by atoms with Gasteiger partial charge in [-0.2, -0.15) is 18.2 Å². The molecule has 1 N–H and O–H groups in total. The van der Waals surface area contributed by atoms with Crippen molar-refractivity contribution in [3.05, 3.63) is 35.4 Å². The minimum atomic E-state index is -4.36. The van der Waals surface area contributed by atoms with Crippen molar-refractivity contribution in [2.45, 2.75) is 58.4 Å². The van der Waals surface area contributed by atoms with Crippen LogP contribution in [0.2, 0.25) is 0 Å². The second kappa shape index (κ2) is 7.21. The number of hydrogen-bond donors (Lipinski definition) is 1. The van der Waals surface area contributed by atoms with Crippen LogP contribution in [0.5, 0.6) is 0 Å². The molecule has 0 spiro atoms. The second-order valence-corrected chi connectivity index (χ2v) is 6.41. The number of benzene rings is 1. The summed E-state index contributed by atoms with van der Waals surface area (Å²) in [6, 6.07) is 4.30. The van der Waals surface area contributed by atoms with E-state index in [1.807, 2.05) is 0 Å². The zero-order valence-electron chi connectivity index (χ0n) is 13.6. The van der Waals surface area contributed by atoms with Crippen molar-refractivity contribution in [2.75, 3.05) is 0 Å². The van der Waals surface area contributed by atoms with E-state index in [0.29, 0.717) is 23.5 Å². The molecule has 0 fully saturated rings. The number of alkyl halides is 3. The molecule has 23 heavy (non-hydrogen) atoms. The van der Waals surface area contributed by atoms with Gasteiger partial charge in [0.05, 0.1) is 11.6 Å². The lowest BCUT2D eigenvalue weighted by Crippen LogP contribution is -2.40. The predicted molar refractivity (Wildman–Crippen MR) is 79.1 cm³/mol. The van der Waals surface area contributed by atoms with Crippen molar-refractivity contribution in [1.82, 2.24) is 5.06 Å². The van der Waals surface area contributed by atoms with Crippen LogP contribution in [0.3, 0.4) is 0 Å². The second-order valence-electron chi connectivity index (χ2n) is 6.41. The highest BCUT2D eigenvalue weighted by Gasteiger charge is 2.30. The highest BCUT2D eigenvalue weighted by Crippen LogP contribution is 2.29. The molecule has 0 aliphatic heterocycles. The number of hydroxylamine groups is 2. The van der Waals surface area contributed by atoms with Crippen LogP contribution in [-0.4, -0.2) is 28.0 Å². The Labute approximate surface area is 133 Å². The van der Waals surface area contributed by atoms with E-state index in [1.54, 1.807) is 27.7 Å². The molecule has 1 unspecified atom stereocenters. The summed E-state index contributed by atoms with van der Waals surface area (Å²) >= 11 is 0. The van der Waals surface area contributed by atoms with Crippen LogP contribution in [0.1, 0.15) is 45.2 Å². The normalized spacial score (nSPS) is 13.6. The van der Waals surface area contributed by atoms with Crippen molar-refractivity contribution < 1.29 is 27.9 Å². The number of hydrogen-bond acceptors (Lipinski definition) is 3. The third-order valence-electron chi connectivity index (χ3n) is 3.13. The van der Waals surface area contributed by atoms with Crippen molar-refractivity contribution in [3.8, 4) is 0 Å². The van der Waals surface area contributed by atoms with Crippen LogP contribution < -0.4 is 0 Å². The molecule has 0 aliphatic rings. The first kappa shape index (κ1) is 19.3. The molecule has 7 heteroatoms. The largest absolute Gasteiger partial charge is 0.442 e. The van der Waals surface area contributed by atoms with Crippen LogP contribution in [-0.2, 0) is 17.3 Å². The highest BCUT2D eigenvalue weighted by molar-refractivity contribution is 5.66. The van der Waals surface area contributed by atoms with Crippen LogP contribution in [0.4, 0.5) is 18.0 Å². The molecule has 0 aromatic heterocycles. The van der Waals surface area contributed by atoms with Gasteiger partial charge in [0.1, 0.15) is 5.60 Å². The number of aryl methyl sites for hydroxylation is 1. The minimum absolute atomic E-state index is 0.390. The van der Waals surface area contributed by atoms with E-state index >= 15 is 0 Å². The Hall–Kier alpha value is -1.76. The third kappa shape index (κ3) is 6.48. The summed E-state index contributed by atoms with van der Waals surface area (Å²) in [5.41, 5.74) is -0.722. The Morgan fingerprint density at radius 3 is 2.17 bits per heavy atom. The summed E-state index contributed by atoms with van der Waals surface area (Å²) in [6.45, 7) is 6.69. The van der Waals surface area contributed by atoms with Gasteiger partial charge in [-0.3, -0.25) is 5.21 Å². The van der Waals surface area contributed by atoms with Gasteiger partial charge in [0.25, 0.3) is 0 Å². The SMILES string of the molecule is CC(CCc1ccc(C(F)(F)F)cc1)N(O)C(=O)OC(C)(C)C. The maximum absolute atomic E-state index is 12.5. The van der Waals surface area contributed by atoms with E-state index in [4.69, 9.17) is 4.74 Å². The van der Waals surface area contributed by atoms with E-state index in [-0.39, 0.29) is 0 Å². The van der Waals surface area contributed by atoms with E-state index < -0.39 is 29.5 Å². The smallest absolute Gasteiger partial charge is 0.434 e. The number of nitrogens with zero attached hydrogens (tertiary/aromatic N) is 1. The molecule has 4 nitrogen and oxygen atoms in total. The molecular formula is C16H22F3NO3. The molecule has 1 atom stereocenters. The molecule has 0 saturated carbocycles. The molecule has 0 radical (unpaired) electrons. The Morgan fingerprint density at radius 2 is 1.74 bits per heavy atom. The zero-order chi connectivity index (χ0) is 17.8. The average Bonchev–Trinajstić information content (AvgIpc) is 2.41. The van der Waals surface area contributed by atoms with Crippen LogP contribution in [0, 0.1) is 0 Å². The molecule has 0 saturated heterocycles. The van der Waals surface area contributed by atoms with Gasteiger partial charge in [-0.25, -0.2) is 4.79 Å². The van der Waals surface area contributed by atoms with Gasteiger partial charge in [-0.15, -0.1) is 0 Å². The summed E-state index contributed by atoms with van der Waals surface area (Å²) < 4.78 is 42.5. The zero-order valence-corrected chi connectivity index (χ0v) is 13.6. The van der Waals surface area contributed by atoms with Gasteiger partial charge in [-0.1, -0.05) is 12.1 Å². The number of amides is 1. The Kier molecular flexibility index (Phi) is 6.04. The van der Waals surface area contributed by atoms with Gasteiger partial charge in [0.15, 0.2) is 0 Å². The molecular weight excluding hydrogens is 311 g/mol. The Bertz CT molecular complexity index is 521. The molecule has 1 aromatic carbocycles. The van der Waals surface area contributed by atoms with Crippen molar-refractivity contribution in [2.24, 2.45) is 0 Å². The lowest BCUT2D eigenvalue weighted by Gasteiger charge is -2.27. The number of rotatable bonds is 4.